The van der Waals surface area contributed by atoms with Gasteiger partial charge >= 0.3 is 5.97 Å². The molecule has 1 unspecified atom stereocenters. The number of nitrogens with zero attached hydrogens (tertiary/aromatic N) is 2. The number of thioether (sulfide) groups is 1. The number of nitriles is 1. The summed E-state index contributed by atoms with van der Waals surface area (Å²) in [7, 11) is 1.33. The van der Waals surface area contributed by atoms with Gasteiger partial charge in [0, 0.05) is 11.9 Å². The fraction of sp³-hybridized carbons (Fsp3) is 0.417. The lowest BCUT2D eigenvalue weighted by Crippen LogP contribution is -2.31. The Hall–Kier alpha value is -1.58. The molecule has 2 N–H and O–H groups in total. The van der Waals surface area contributed by atoms with Crippen LogP contribution in [0.15, 0.2) is 18.3 Å². The molecule has 1 rings (SSSR count). The molecule has 0 aliphatic rings. The summed E-state index contributed by atoms with van der Waals surface area (Å²) in [6.45, 7) is 0. The number of pyridine rings is 1. The molecule has 18 heavy (non-hydrogen) atoms. The summed E-state index contributed by atoms with van der Waals surface area (Å²) < 4.78 is 4.54. The molecule has 0 saturated carbocycles. The van der Waals surface area contributed by atoms with E-state index < -0.39 is 6.04 Å². The molecule has 0 bridgehead atoms. The molecule has 5 nitrogen and oxygen atoms in total. The molecule has 0 radical (unpaired) electrons. The van der Waals surface area contributed by atoms with Crippen molar-refractivity contribution in [1.29, 1.82) is 5.26 Å². The lowest BCUT2D eigenvalue weighted by atomic mass is 10.2. The van der Waals surface area contributed by atoms with E-state index in [1.165, 1.54) is 7.11 Å². The van der Waals surface area contributed by atoms with Crippen molar-refractivity contribution in [2.75, 3.05) is 12.9 Å². The second kappa shape index (κ2) is 7.69. The van der Waals surface area contributed by atoms with Crippen molar-refractivity contribution in [1.82, 2.24) is 4.98 Å². The third kappa shape index (κ3) is 4.73. The van der Waals surface area contributed by atoms with Gasteiger partial charge in [0.05, 0.1) is 7.11 Å². The summed E-state index contributed by atoms with van der Waals surface area (Å²) in [6.07, 6.45) is 2.20. The minimum Gasteiger partial charge on any atom is -0.468 e. The van der Waals surface area contributed by atoms with Gasteiger partial charge in [-0.05, 0) is 29.9 Å². The van der Waals surface area contributed by atoms with Gasteiger partial charge in [0.1, 0.15) is 17.8 Å². The first-order valence-corrected chi connectivity index (χ1v) is 6.59. The first-order valence-electron chi connectivity index (χ1n) is 5.43. The monoisotopic (exact) mass is 265 g/mol. The van der Waals surface area contributed by atoms with Crippen molar-refractivity contribution >= 4 is 17.7 Å². The molecular weight excluding hydrogens is 250 g/mol. The number of hydrogen-bond acceptors (Lipinski definition) is 6. The van der Waals surface area contributed by atoms with E-state index in [2.05, 4.69) is 9.72 Å². The quantitative estimate of drug-likeness (QED) is 0.611. The maximum absolute atomic E-state index is 11.1. The number of carbonyl (C=O) groups excluding carboxylic acids is 1. The van der Waals surface area contributed by atoms with Crippen molar-refractivity contribution < 1.29 is 9.53 Å². The van der Waals surface area contributed by atoms with Crippen LogP contribution < -0.4 is 5.73 Å². The van der Waals surface area contributed by atoms with Crippen molar-refractivity contribution in [3.05, 3.63) is 29.6 Å². The van der Waals surface area contributed by atoms with Crippen molar-refractivity contribution in [3.8, 4) is 6.07 Å². The Kier molecular flexibility index (Phi) is 6.19. The predicted octanol–water partition coefficient (Wildman–Crippen LogP) is 1.08. The van der Waals surface area contributed by atoms with Crippen LogP contribution in [0.5, 0.6) is 0 Å². The maximum atomic E-state index is 11.1. The number of aromatic nitrogens is 1. The highest BCUT2D eigenvalue weighted by Crippen LogP contribution is 2.14. The normalized spacial score (nSPS) is 11.6. The molecular formula is C12H15N3O2S. The fourth-order valence-corrected chi connectivity index (χ4v) is 2.27. The third-order valence-corrected chi connectivity index (χ3v) is 3.35. The number of carbonyl (C=O) groups is 1. The van der Waals surface area contributed by atoms with Gasteiger partial charge in [0.15, 0.2) is 0 Å². The molecule has 0 saturated heterocycles. The van der Waals surface area contributed by atoms with Crippen LogP contribution in [0.25, 0.3) is 0 Å². The molecule has 6 heteroatoms. The second-order valence-electron chi connectivity index (χ2n) is 3.63. The Bertz CT molecular complexity index is 445. The van der Waals surface area contributed by atoms with Crippen molar-refractivity contribution in [2.45, 2.75) is 18.2 Å². The number of hydrogen-bond donors (Lipinski definition) is 1. The lowest BCUT2D eigenvalue weighted by Gasteiger charge is -2.08. The van der Waals surface area contributed by atoms with E-state index in [0.29, 0.717) is 12.1 Å². The van der Waals surface area contributed by atoms with E-state index in [-0.39, 0.29) is 5.97 Å². The summed E-state index contributed by atoms with van der Waals surface area (Å²) >= 11 is 1.66. The van der Waals surface area contributed by atoms with Gasteiger partial charge in [-0.2, -0.15) is 17.0 Å². The average molecular weight is 265 g/mol. The molecule has 0 aromatic carbocycles. The second-order valence-corrected chi connectivity index (χ2v) is 4.74. The van der Waals surface area contributed by atoms with Crippen molar-refractivity contribution in [3.63, 3.8) is 0 Å². The molecule has 0 fully saturated rings. The zero-order valence-corrected chi connectivity index (χ0v) is 10.9. The van der Waals surface area contributed by atoms with Gasteiger partial charge in [-0.3, -0.25) is 4.79 Å². The molecule has 0 aliphatic heterocycles. The zero-order chi connectivity index (χ0) is 13.4. The smallest absolute Gasteiger partial charge is 0.322 e. The summed E-state index contributed by atoms with van der Waals surface area (Å²) in [4.78, 5) is 15.0. The molecule has 1 aromatic heterocycles. The van der Waals surface area contributed by atoms with Crippen LogP contribution in [0.3, 0.4) is 0 Å². The van der Waals surface area contributed by atoms with Gasteiger partial charge in [0.25, 0.3) is 0 Å². The van der Waals surface area contributed by atoms with Crippen LogP contribution >= 0.6 is 11.8 Å². The average Bonchev–Trinajstić information content (AvgIpc) is 2.42. The predicted molar refractivity (Wildman–Crippen MR) is 69.7 cm³/mol. The summed E-state index contributed by atoms with van der Waals surface area (Å²) in [5.74, 6) is 1.15. The summed E-state index contributed by atoms with van der Waals surface area (Å²) in [5, 5.41) is 8.71. The van der Waals surface area contributed by atoms with E-state index >= 15 is 0 Å². The van der Waals surface area contributed by atoms with E-state index in [1.807, 2.05) is 12.1 Å². The van der Waals surface area contributed by atoms with Crippen LogP contribution in [0.4, 0.5) is 0 Å². The topological polar surface area (TPSA) is 89.0 Å². The first-order chi connectivity index (χ1) is 8.67. The van der Waals surface area contributed by atoms with Gasteiger partial charge in [-0.15, -0.1) is 0 Å². The molecule has 0 spiro atoms. The number of ether oxygens (including phenoxy) is 1. The highest BCUT2D eigenvalue weighted by atomic mass is 32.2. The van der Waals surface area contributed by atoms with Gasteiger partial charge in [-0.25, -0.2) is 4.98 Å². The summed E-state index contributed by atoms with van der Waals surface area (Å²) in [6, 6.07) is 5.06. The molecule has 96 valence electrons. The first kappa shape index (κ1) is 14.5. The van der Waals surface area contributed by atoms with Gasteiger partial charge < -0.3 is 10.5 Å². The highest BCUT2D eigenvalue weighted by Gasteiger charge is 2.12. The number of methoxy groups -OCH3 is 1. The zero-order valence-electron chi connectivity index (χ0n) is 10.1. The van der Waals surface area contributed by atoms with Crippen molar-refractivity contribution in [2.24, 2.45) is 5.73 Å². The van der Waals surface area contributed by atoms with E-state index in [0.717, 1.165) is 17.1 Å². The SMILES string of the molecule is COC(=O)C(N)CCSCc1ccnc(C#N)c1. The Morgan fingerprint density at radius 1 is 1.72 bits per heavy atom. The molecule has 1 atom stereocenters. The van der Waals surface area contributed by atoms with Gasteiger partial charge in [0.2, 0.25) is 0 Å². The Balaban J connectivity index is 2.30. The maximum Gasteiger partial charge on any atom is 0.322 e. The number of esters is 1. The third-order valence-electron chi connectivity index (χ3n) is 2.28. The number of rotatable bonds is 6. The van der Waals surface area contributed by atoms with Crippen LogP contribution in [-0.4, -0.2) is 29.9 Å². The molecule has 0 amide bonds. The van der Waals surface area contributed by atoms with Crippen LogP contribution in [-0.2, 0) is 15.3 Å². The van der Waals surface area contributed by atoms with Crippen LogP contribution in [0.1, 0.15) is 17.7 Å². The van der Waals surface area contributed by atoms with Crippen LogP contribution in [0, 0.1) is 11.3 Å². The molecule has 1 aromatic rings. The fourth-order valence-electron chi connectivity index (χ4n) is 1.29. The number of nitrogens with two attached hydrogens (primary N) is 1. The van der Waals surface area contributed by atoms with E-state index in [4.69, 9.17) is 11.0 Å². The Labute approximate surface area is 110 Å². The van der Waals surface area contributed by atoms with E-state index in [9.17, 15) is 4.79 Å². The lowest BCUT2D eigenvalue weighted by molar-refractivity contribution is -0.142. The molecule has 1 heterocycles. The van der Waals surface area contributed by atoms with E-state index in [1.54, 1.807) is 24.0 Å². The molecule has 0 aliphatic carbocycles. The Morgan fingerprint density at radius 2 is 2.50 bits per heavy atom. The van der Waals surface area contributed by atoms with Crippen LogP contribution in [0.2, 0.25) is 0 Å². The minimum atomic E-state index is -0.561. The standard InChI is InChI=1S/C12H15N3O2S/c1-17-12(16)11(14)3-5-18-8-9-2-4-15-10(6-9)7-13/h2,4,6,11H,3,5,8,14H2,1H3. The highest BCUT2D eigenvalue weighted by molar-refractivity contribution is 7.98. The summed E-state index contributed by atoms with van der Waals surface area (Å²) in [5.41, 5.74) is 7.07. The largest absolute Gasteiger partial charge is 0.468 e. The minimum absolute atomic E-state index is 0.383. The van der Waals surface area contributed by atoms with Gasteiger partial charge in [-0.1, -0.05) is 0 Å². The Morgan fingerprint density at radius 3 is 3.17 bits per heavy atom.